The number of nitrogens with two attached hydrogens (primary N) is 1. The molecule has 0 unspecified atom stereocenters. The fourth-order valence-corrected chi connectivity index (χ4v) is 2.05. The summed E-state index contributed by atoms with van der Waals surface area (Å²) in [5.74, 6) is 1.09. The van der Waals surface area contributed by atoms with Crippen LogP contribution in [0.2, 0.25) is 0 Å². The van der Waals surface area contributed by atoms with E-state index in [-0.39, 0.29) is 17.4 Å². The van der Waals surface area contributed by atoms with Crippen LogP contribution in [0.1, 0.15) is 12.7 Å². The maximum absolute atomic E-state index is 11.2. The summed E-state index contributed by atoms with van der Waals surface area (Å²) in [4.78, 5) is 11.7. The molecule has 0 atom stereocenters. The van der Waals surface area contributed by atoms with E-state index in [1.807, 2.05) is 0 Å². The normalized spacial score (nSPS) is 11.1. The lowest BCUT2D eigenvalue weighted by Crippen LogP contribution is -1.99. The molecule has 0 saturated carbocycles. The SMILES string of the molecule is CCOc1ccc(-c2ccc(C=Nn3nnnc3N)o2)cc1[N+](=O)[O-]. The van der Waals surface area contributed by atoms with E-state index in [0.29, 0.717) is 23.7 Å². The van der Waals surface area contributed by atoms with Gasteiger partial charge in [0, 0.05) is 11.6 Å². The lowest BCUT2D eigenvalue weighted by Gasteiger charge is -2.05. The second-order valence-corrected chi connectivity index (χ2v) is 4.75. The lowest BCUT2D eigenvalue weighted by atomic mass is 10.1. The molecule has 0 amide bonds. The summed E-state index contributed by atoms with van der Waals surface area (Å²) in [6.45, 7) is 2.09. The molecule has 0 aliphatic heterocycles. The van der Waals surface area contributed by atoms with Crippen molar-refractivity contribution in [1.29, 1.82) is 0 Å². The third kappa shape index (κ3) is 3.44. The maximum atomic E-state index is 11.2. The molecule has 3 rings (SSSR count). The summed E-state index contributed by atoms with van der Waals surface area (Å²) in [6, 6.07) is 7.93. The Morgan fingerprint density at radius 2 is 2.28 bits per heavy atom. The molecule has 0 fully saturated rings. The van der Waals surface area contributed by atoms with Crippen LogP contribution in [0.5, 0.6) is 5.75 Å². The number of rotatable bonds is 6. The maximum Gasteiger partial charge on any atom is 0.311 e. The van der Waals surface area contributed by atoms with Crippen LogP contribution in [0.3, 0.4) is 0 Å². The highest BCUT2D eigenvalue weighted by molar-refractivity contribution is 5.77. The van der Waals surface area contributed by atoms with Gasteiger partial charge in [0.1, 0.15) is 11.5 Å². The molecule has 11 heteroatoms. The third-order valence-electron chi connectivity index (χ3n) is 3.14. The number of nitrogen functional groups attached to an aromatic ring is 1. The summed E-state index contributed by atoms with van der Waals surface area (Å²) >= 11 is 0. The van der Waals surface area contributed by atoms with E-state index in [1.165, 1.54) is 18.3 Å². The number of hydrogen-bond donors (Lipinski definition) is 1. The molecular weight excluding hydrogens is 330 g/mol. The summed E-state index contributed by atoms with van der Waals surface area (Å²) in [7, 11) is 0. The van der Waals surface area contributed by atoms with Crippen molar-refractivity contribution in [2.24, 2.45) is 5.10 Å². The molecule has 0 bridgehead atoms. The molecule has 11 nitrogen and oxygen atoms in total. The van der Waals surface area contributed by atoms with Crippen molar-refractivity contribution in [3.8, 4) is 17.1 Å². The second kappa shape index (κ2) is 6.78. The topological polar surface area (TPSA) is 147 Å². The Bertz CT molecular complexity index is 931. The van der Waals surface area contributed by atoms with Crippen molar-refractivity contribution < 1.29 is 14.1 Å². The van der Waals surface area contributed by atoms with Crippen LogP contribution >= 0.6 is 0 Å². The van der Waals surface area contributed by atoms with Crippen molar-refractivity contribution >= 4 is 17.9 Å². The first-order valence-electron chi connectivity index (χ1n) is 7.18. The van der Waals surface area contributed by atoms with Gasteiger partial charge in [0.25, 0.3) is 5.95 Å². The van der Waals surface area contributed by atoms with E-state index in [0.717, 1.165) is 4.79 Å². The first-order valence-corrected chi connectivity index (χ1v) is 7.18. The zero-order valence-electron chi connectivity index (χ0n) is 13.1. The van der Waals surface area contributed by atoms with Crippen LogP contribution in [0.15, 0.2) is 39.9 Å². The molecule has 2 N–H and O–H groups in total. The van der Waals surface area contributed by atoms with Crippen molar-refractivity contribution in [1.82, 2.24) is 20.3 Å². The Morgan fingerprint density at radius 1 is 1.44 bits per heavy atom. The lowest BCUT2D eigenvalue weighted by molar-refractivity contribution is -0.385. The number of nitro benzene ring substituents is 1. The number of nitro groups is 1. The Labute approximate surface area is 140 Å². The summed E-state index contributed by atoms with van der Waals surface area (Å²) in [5.41, 5.74) is 5.90. The summed E-state index contributed by atoms with van der Waals surface area (Å²) in [5, 5.41) is 25.5. The zero-order valence-corrected chi connectivity index (χ0v) is 13.1. The van der Waals surface area contributed by atoms with Crippen molar-refractivity contribution in [2.75, 3.05) is 12.3 Å². The molecule has 128 valence electrons. The van der Waals surface area contributed by atoms with E-state index in [2.05, 4.69) is 20.6 Å². The fraction of sp³-hybridized carbons (Fsp3) is 0.143. The monoisotopic (exact) mass is 343 g/mol. The highest BCUT2D eigenvalue weighted by Crippen LogP contribution is 2.33. The zero-order chi connectivity index (χ0) is 17.8. The predicted molar refractivity (Wildman–Crippen MR) is 87.2 cm³/mol. The van der Waals surface area contributed by atoms with E-state index >= 15 is 0 Å². The van der Waals surface area contributed by atoms with E-state index < -0.39 is 4.92 Å². The Kier molecular flexibility index (Phi) is 4.37. The number of hydrogen-bond acceptors (Lipinski definition) is 9. The van der Waals surface area contributed by atoms with Crippen LogP contribution in [0, 0.1) is 10.1 Å². The van der Waals surface area contributed by atoms with Gasteiger partial charge in [-0.25, -0.2) is 0 Å². The van der Waals surface area contributed by atoms with Gasteiger partial charge < -0.3 is 14.9 Å². The number of benzene rings is 1. The fourth-order valence-electron chi connectivity index (χ4n) is 2.05. The van der Waals surface area contributed by atoms with Gasteiger partial charge in [-0.1, -0.05) is 9.89 Å². The number of tetrazole rings is 1. The van der Waals surface area contributed by atoms with Gasteiger partial charge in [-0.3, -0.25) is 10.1 Å². The molecule has 0 aliphatic rings. The third-order valence-corrected chi connectivity index (χ3v) is 3.14. The van der Waals surface area contributed by atoms with Gasteiger partial charge in [0.2, 0.25) is 0 Å². The molecule has 2 aromatic heterocycles. The van der Waals surface area contributed by atoms with Gasteiger partial charge in [0.15, 0.2) is 5.75 Å². The molecule has 1 aromatic carbocycles. The van der Waals surface area contributed by atoms with Crippen LogP contribution in [0.4, 0.5) is 11.6 Å². The van der Waals surface area contributed by atoms with Crippen molar-refractivity contribution in [2.45, 2.75) is 6.92 Å². The van der Waals surface area contributed by atoms with Crippen molar-refractivity contribution in [3.63, 3.8) is 0 Å². The minimum atomic E-state index is -0.500. The molecule has 0 aliphatic carbocycles. The largest absolute Gasteiger partial charge is 0.487 e. The Hall–Kier alpha value is -3.76. The highest BCUT2D eigenvalue weighted by atomic mass is 16.6. The van der Waals surface area contributed by atoms with Crippen LogP contribution in [0.25, 0.3) is 11.3 Å². The minimum Gasteiger partial charge on any atom is -0.487 e. The first kappa shape index (κ1) is 16.1. The predicted octanol–water partition coefficient (Wildman–Crippen LogP) is 1.70. The highest BCUT2D eigenvalue weighted by Gasteiger charge is 2.17. The molecule has 3 aromatic rings. The standard InChI is InChI=1S/C14H13N7O4/c1-2-24-13-5-3-9(7-11(13)21(22)23)12-6-4-10(25-12)8-16-20-14(15)17-18-19-20/h3-8H,2H2,1H3,(H2,15,17,19). The van der Waals surface area contributed by atoms with Gasteiger partial charge in [-0.05, 0) is 41.6 Å². The Morgan fingerprint density at radius 3 is 2.96 bits per heavy atom. The van der Waals surface area contributed by atoms with Gasteiger partial charge in [0.05, 0.1) is 17.7 Å². The summed E-state index contributed by atoms with van der Waals surface area (Å²) in [6.07, 6.45) is 1.37. The number of nitrogens with zero attached hydrogens (tertiary/aromatic N) is 6. The van der Waals surface area contributed by atoms with Crippen LogP contribution in [-0.4, -0.2) is 38.1 Å². The number of anilines is 1. The van der Waals surface area contributed by atoms with E-state index in [9.17, 15) is 10.1 Å². The van der Waals surface area contributed by atoms with Gasteiger partial charge >= 0.3 is 5.69 Å². The van der Waals surface area contributed by atoms with Crippen molar-refractivity contribution in [3.05, 3.63) is 46.2 Å². The average Bonchev–Trinajstić information content (AvgIpc) is 3.22. The first-order chi connectivity index (χ1) is 12.1. The second-order valence-electron chi connectivity index (χ2n) is 4.75. The van der Waals surface area contributed by atoms with Gasteiger partial charge in [-0.15, -0.1) is 0 Å². The van der Waals surface area contributed by atoms with Gasteiger partial charge in [-0.2, -0.15) is 5.10 Å². The molecular formula is C14H13N7O4. The molecule has 0 saturated heterocycles. The van der Waals surface area contributed by atoms with E-state index in [1.54, 1.807) is 25.1 Å². The quantitative estimate of drug-likeness (QED) is 0.404. The molecule has 0 radical (unpaired) electrons. The van der Waals surface area contributed by atoms with Crippen LogP contribution < -0.4 is 10.5 Å². The molecule has 0 spiro atoms. The molecule has 25 heavy (non-hydrogen) atoms. The average molecular weight is 343 g/mol. The summed E-state index contributed by atoms with van der Waals surface area (Å²) < 4.78 is 10.9. The van der Waals surface area contributed by atoms with Crippen LogP contribution in [-0.2, 0) is 0 Å². The van der Waals surface area contributed by atoms with E-state index in [4.69, 9.17) is 14.9 Å². The number of furan rings is 1. The smallest absolute Gasteiger partial charge is 0.311 e. The number of ether oxygens (including phenoxy) is 1. The Balaban J connectivity index is 1.87. The molecule has 2 heterocycles. The minimum absolute atomic E-state index is 0.0326. The number of aromatic nitrogens is 4.